The first kappa shape index (κ1) is 16.1. The predicted octanol–water partition coefficient (Wildman–Crippen LogP) is 2.52. The van der Waals surface area contributed by atoms with E-state index in [1.165, 1.54) is 11.8 Å². The second-order valence-electron chi connectivity index (χ2n) is 5.74. The molecule has 1 aromatic carbocycles. The summed E-state index contributed by atoms with van der Waals surface area (Å²) in [5, 5.41) is 1.28. The maximum absolute atomic E-state index is 12.7. The first-order chi connectivity index (χ1) is 11.2. The maximum atomic E-state index is 12.7. The molecule has 3 rings (SSSR count). The Labute approximate surface area is 139 Å². The van der Waals surface area contributed by atoms with E-state index in [4.69, 9.17) is 0 Å². The number of amides is 1. The van der Waals surface area contributed by atoms with Gasteiger partial charge >= 0.3 is 0 Å². The summed E-state index contributed by atoms with van der Waals surface area (Å²) in [7, 11) is 0. The van der Waals surface area contributed by atoms with Crippen LogP contribution in [0.3, 0.4) is 0 Å². The molecule has 0 bridgehead atoms. The number of hydrogen-bond acceptors (Lipinski definition) is 4. The molecule has 6 heteroatoms. The number of para-hydroxylation sites is 1. The molecule has 5 nitrogen and oxygen atoms in total. The molecular formula is C17H21N3O2S. The summed E-state index contributed by atoms with van der Waals surface area (Å²) < 4.78 is 1.70. The molecule has 1 saturated heterocycles. The van der Waals surface area contributed by atoms with Gasteiger partial charge in [0, 0.05) is 19.6 Å². The molecule has 0 N–H and O–H groups in total. The summed E-state index contributed by atoms with van der Waals surface area (Å²) in [6.45, 7) is 4.36. The summed E-state index contributed by atoms with van der Waals surface area (Å²) in [6.07, 6.45) is 3.03. The fraction of sp³-hybridized carbons (Fsp3) is 0.471. The van der Waals surface area contributed by atoms with Gasteiger partial charge in [-0.3, -0.25) is 14.2 Å². The fourth-order valence-electron chi connectivity index (χ4n) is 2.86. The van der Waals surface area contributed by atoms with Gasteiger partial charge in [0.05, 0.1) is 16.7 Å². The van der Waals surface area contributed by atoms with Crippen molar-refractivity contribution >= 4 is 28.6 Å². The number of carbonyl (C=O) groups excluding carboxylic acids is 1. The van der Waals surface area contributed by atoms with E-state index in [9.17, 15) is 9.59 Å². The first-order valence-electron chi connectivity index (χ1n) is 8.11. The largest absolute Gasteiger partial charge is 0.342 e. The zero-order valence-electron chi connectivity index (χ0n) is 13.3. The highest BCUT2D eigenvalue weighted by Gasteiger charge is 2.19. The molecule has 1 aliphatic rings. The van der Waals surface area contributed by atoms with Crippen LogP contribution < -0.4 is 5.56 Å². The number of likely N-dealkylation sites (tertiary alicyclic amines) is 1. The number of benzene rings is 1. The summed E-state index contributed by atoms with van der Waals surface area (Å²) in [5.74, 6) is 0.479. The lowest BCUT2D eigenvalue weighted by atomic mass is 10.2. The summed E-state index contributed by atoms with van der Waals surface area (Å²) in [6, 6.07) is 7.38. The van der Waals surface area contributed by atoms with Gasteiger partial charge in [0.15, 0.2) is 5.16 Å². The number of nitrogens with zero attached hydrogens (tertiary/aromatic N) is 3. The predicted molar refractivity (Wildman–Crippen MR) is 92.8 cm³/mol. The van der Waals surface area contributed by atoms with E-state index >= 15 is 0 Å². The van der Waals surface area contributed by atoms with Gasteiger partial charge in [-0.25, -0.2) is 4.98 Å². The Bertz CT molecular complexity index is 766. The van der Waals surface area contributed by atoms with E-state index in [1.54, 1.807) is 10.6 Å². The Hall–Kier alpha value is -1.82. The van der Waals surface area contributed by atoms with Crippen molar-refractivity contribution in [3.05, 3.63) is 34.6 Å². The van der Waals surface area contributed by atoms with Crippen molar-refractivity contribution < 1.29 is 4.79 Å². The highest BCUT2D eigenvalue weighted by atomic mass is 32.2. The molecule has 2 aromatic rings. The fourth-order valence-corrected chi connectivity index (χ4v) is 3.79. The zero-order chi connectivity index (χ0) is 16.2. The van der Waals surface area contributed by atoms with E-state index in [-0.39, 0.29) is 11.5 Å². The Morgan fingerprint density at radius 1 is 1.26 bits per heavy atom. The van der Waals surface area contributed by atoms with Gasteiger partial charge < -0.3 is 4.90 Å². The normalized spacial score (nSPS) is 14.6. The van der Waals surface area contributed by atoms with Crippen LogP contribution in [0.15, 0.2) is 34.2 Å². The van der Waals surface area contributed by atoms with Gasteiger partial charge in [-0.1, -0.05) is 30.8 Å². The molecule has 0 atom stereocenters. The van der Waals surface area contributed by atoms with E-state index in [0.717, 1.165) is 32.4 Å². The smallest absolute Gasteiger partial charge is 0.262 e. The summed E-state index contributed by atoms with van der Waals surface area (Å²) in [5.41, 5.74) is 0.676. The average molecular weight is 331 g/mol. The van der Waals surface area contributed by atoms with Crippen molar-refractivity contribution in [2.45, 2.75) is 37.9 Å². The number of carbonyl (C=O) groups is 1. The monoisotopic (exact) mass is 331 g/mol. The van der Waals surface area contributed by atoms with E-state index in [2.05, 4.69) is 4.98 Å². The van der Waals surface area contributed by atoms with Crippen LogP contribution in [0.4, 0.5) is 0 Å². The number of hydrogen-bond donors (Lipinski definition) is 0. The van der Waals surface area contributed by atoms with E-state index < -0.39 is 0 Å². The van der Waals surface area contributed by atoms with Gasteiger partial charge in [0.2, 0.25) is 5.91 Å². The molecule has 1 aromatic heterocycles. The van der Waals surface area contributed by atoms with Crippen LogP contribution in [0.5, 0.6) is 0 Å². The molecule has 0 aliphatic carbocycles. The van der Waals surface area contributed by atoms with Crippen molar-refractivity contribution in [2.75, 3.05) is 18.8 Å². The lowest BCUT2D eigenvalue weighted by Gasteiger charge is -2.16. The van der Waals surface area contributed by atoms with Gasteiger partial charge in [-0.15, -0.1) is 0 Å². The maximum Gasteiger partial charge on any atom is 0.262 e. The van der Waals surface area contributed by atoms with Crippen LogP contribution in [-0.4, -0.2) is 39.2 Å². The highest BCUT2D eigenvalue weighted by Crippen LogP contribution is 2.19. The van der Waals surface area contributed by atoms with Crippen molar-refractivity contribution in [2.24, 2.45) is 0 Å². The minimum atomic E-state index is -0.0198. The Balaban J connectivity index is 1.87. The van der Waals surface area contributed by atoms with Crippen LogP contribution >= 0.6 is 11.8 Å². The minimum Gasteiger partial charge on any atom is -0.342 e. The summed E-state index contributed by atoms with van der Waals surface area (Å²) in [4.78, 5) is 31.4. The molecule has 23 heavy (non-hydrogen) atoms. The van der Waals surface area contributed by atoms with E-state index in [1.807, 2.05) is 30.0 Å². The molecule has 0 saturated carbocycles. The van der Waals surface area contributed by atoms with Crippen LogP contribution in [0.2, 0.25) is 0 Å². The Morgan fingerprint density at radius 2 is 2.00 bits per heavy atom. The molecular weight excluding hydrogens is 310 g/mol. The first-order valence-corrected chi connectivity index (χ1v) is 9.09. The van der Waals surface area contributed by atoms with Gasteiger partial charge in [0.25, 0.3) is 5.56 Å². The van der Waals surface area contributed by atoms with Gasteiger partial charge in [0.1, 0.15) is 0 Å². The van der Waals surface area contributed by atoms with Crippen LogP contribution in [0, 0.1) is 0 Å². The quantitative estimate of drug-likeness (QED) is 0.624. The molecule has 0 spiro atoms. The van der Waals surface area contributed by atoms with Crippen molar-refractivity contribution in [3.63, 3.8) is 0 Å². The lowest BCUT2D eigenvalue weighted by Crippen LogP contribution is -2.30. The topological polar surface area (TPSA) is 55.2 Å². The number of thioether (sulfide) groups is 1. The van der Waals surface area contributed by atoms with Gasteiger partial charge in [-0.05, 0) is 31.4 Å². The second kappa shape index (κ2) is 7.17. The standard InChI is InChI=1S/C17H21N3O2S/c1-2-9-20-16(22)13-7-3-4-8-14(13)18-17(20)23-12-15(21)19-10-5-6-11-19/h3-4,7-8H,2,5-6,9-12H2,1H3. The number of rotatable bonds is 5. The molecule has 1 amide bonds. The van der Waals surface area contributed by atoms with Crippen LogP contribution in [0.25, 0.3) is 10.9 Å². The Morgan fingerprint density at radius 3 is 2.74 bits per heavy atom. The second-order valence-corrected chi connectivity index (χ2v) is 6.69. The van der Waals surface area contributed by atoms with Crippen molar-refractivity contribution in [1.82, 2.24) is 14.5 Å². The molecule has 0 radical (unpaired) electrons. The van der Waals surface area contributed by atoms with Crippen LogP contribution in [0.1, 0.15) is 26.2 Å². The molecule has 1 fully saturated rings. The molecule has 1 aliphatic heterocycles. The van der Waals surface area contributed by atoms with Gasteiger partial charge in [-0.2, -0.15) is 0 Å². The molecule has 0 unspecified atom stereocenters. The third-order valence-electron chi connectivity index (χ3n) is 4.06. The van der Waals surface area contributed by atoms with Crippen molar-refractivity contribution in [1.29, 1.82) is 0 Å². The van der Waals surface area contributed by atoms with Crippen molar-refractivity contribution in [3.8, 4) is 0 Å². The Kier molecular flexibility index (Phi) is 5.00. The summed E-state index contributed by atoms with van der Waals surface area (Å²) >= 11 is 1.37. The third-order valence-corrected chi connectivity index (χ3v) is 5.02. The molecule has 2 heterocycles. The molecule has 122 valence electrons. The van der Waals surface area contributed by atoms with E-state index in [0.29, 0.717) is 28.4 Å². The SMILES string of the molecule is CCCn1c(SCC(=O)N2CCCC2)nc2ccccc2c1=O. The number of aromatic nitrogens is 2. The number of fused-ring (bicyclic) bond motifs is 1. The highest BCUT2D eigenvalue weighted by molar-refractivity contribution is 7.99. The van der Waals surface area contributed by atoms with Crippen LogP contribution in [-0.2, 0) is 11.3 Å². The lowest BCUT2D eigenvalue weighted by molar-refractivity contribution is -0.127. The minimum absolute atomic E-state index is 0.0198. The third kappa shape index (κ3) is 3.42. The zero-order valence-corrected chi connectivity index (χ0v) is 14.1. The average Bonchev–Trinajstić information content (AvgIpc) is 3.10.